The molecule has 0 saturated carbocycles. The van der Waals surface area contributed by atoms with Crippen LogP contribution in [-0.4, -0.2) is 44.2 Å². The molecule has 0 aliphatic carbocycles. The van der Waals surface area contributed by atoms with E-state index in [0.717, 1.165) is 30.8 Å². The Morgan fingerprint density at radius 2 is 2.07 bits per heavy atom. The van der Waals surface area contributed by atoms with E-state index in [-0.39, 0.29) is 30.0 Å². The van der Waals surface area contributed by atoms with Crippen molar-refractivity contribution in [3.05, 3.63) is 53.8 Å². The molecule has 6 heteroatoms. The zero-order valence-electron chi connectivity index (χ0n) is 16.6. The molecule has 2 aromatic rings. The second-order valence-electron chi connectivity index (χ2n) is 7.33. The van der Waals surface area contributed by atoms with E-state index < -0.39 is 5.82 Å². The number of rotatable bonds is 7. The minimum absolute atomic E-state index is 0.0488. The number of anilines is 1. The zero-order chi connectivity index (χ0) is 20.1. The summed E-state index contributed by atoms with van der Waals surface area (Å²) in [6, 6.07) is 11.9. The predicted octanol–water partition coefficient (Wildman–Crippen LogP) is 4.05. The summed E-state index contributed by atoms with van der Waals surface area (Å²) in [7, 11) is 3.69. The molecule has 0 aromatic heterocycles. The number of nitrogens with zero attached hydrogens (tertiary/aromatic N) is 1. The summed E-state index contributed by atoms with van der Waals surface area (Å²) >= 11 is 0. The number of carbonyl (C=O) groups is 1. The molecular weight excluding hydrogens is 359 g/mol. The molecule has 2 unspecified atom stereocenters. The fraction of sp³-hybridized carbons (Fsp3) is 0.409. The first-order valence-corrected chi connectivity index (χ1v) is 9.53. The van der Waals surface area contributed by atoms with E-state index >= 15 is 0 Å². The van der Waals surface area contributed by atoms with Crippen LogP contribution >= 0.6 is 0 Å². The van der Waals surface area contributed by atoms with Gasteiger partial charge in [0.1, 0.15) is 11.9 Å². The quantitative estimate of drug-likeness (QED) is 0.780. The Morgan fingerprint density at radius 3 is 2.75 bits per heavy atom. The predicted molar refractivity (Wildman–Crippen MR) is 108 cm³/mol. The van der Waals surface area contributed by atoms with E-state index in [1.807, 2.05) is 25.1 Å². The van der Waals surface area contributed by atoms with Gasteiger partial charge in [-0.05, 0) is 49.2 Å². The molecular formula is C22H27FN2O3. The van der Waals surface area contributed by atoms with Gasteiger partial charge in [0, 0.05) is 19.5 Å². The van der Waals surface area contributed by atoms with E-state index in [1.54, 1.807) is 25.3 Å². The van der Waals surface area contributed by atoms with Crippen molar-refractivity contribution >= 4 is 11.6 Å². The van der Waals surface area contributed by atoms with Gasteiger partial charge in [-0.1, -0.05) is 25.1 Å². The molecule has 5 nitrogen and oxygen atoms in total. The number of likely N-dealkylation sites (tertiary alicyclic amines) is 1. The molecule has 0 spiro atoms. The molecule has 1 saturated heterocycles. The van der Waals surface area contributed by atoms with Crippen molar-refractivity contribution in [1.82, 2.24) is 4.90 Å². The van der Waals surface area contributed by atoms with Crippen LogP contribution in [0.1, 0.15) is 31.2 Å². The molecule has 1 aliphatic rings. The SMILES string of the molecule is COc1cc(C(C)CC(=O)Nc2ccccc2F)ccc1OC1CCN(C)C1. The Balaban J connectivity index is 1.63. The molecule has 150 valence electrons. The minimum Gasteiger partial charge on any atom is -0.493 e. The van der Waals surface area contributed by atoms with E-state index in [1.165, 1.54) is 6.07 Å². The highest BCUT2D eigenvalue weighted by atomic mass is 19.1. The molecule has 28 heavy (non-hydrogen) atoms. The standard InChI is InChI=1S/C22H27FN2O3/c1-15(12-22(26)24-19-7-5-4-6-18(19)23)16-8-9-20(21(13-16)27-3)28-17-10-11-25(2)14-17/h4-9,13,15,17H,10-12,14H2,1-3H3,(H,24,26). The van der Waals surface area contributed by atoms with Gasteiger partial charge < -0.3 is 19.7 Å². The minimum atomic E-state index is -0.441. The second-order valence-corrected chi connectivity index (χ2v) is 7.33. The first-order valence-electron chi connectivity index (χ1n) is 9.53. The van der Waals surface area contributed by atoms with Crippen molar-refractivity contribution in [2.45, 2.75) is 31.8 Å². The van der Waals surface area contributed by atoms with Gasteiger partial charge in [0.15, 0.2) is 11.5 Å². The third kappa shape index (κ3) is 5.01. The molecule has 1 N–H and O–H groups in total. The van der Waals surface area contributed by atoms with Crippen LogP contribution < -0.4 is 14.8 Å². The maximum atomic E-state index is 13.7. The van der Waals surface area contributed by atoms with E-state index in [2.05, 4.69) is 17.3 Å². The van der Waals surface area contributed by atoms with Gasteiger partial charge in [-0.3, -0.25) is 4.79 Å². The Hall–Kier alpha value is -2.60. The van der Waals surface area contributed by atoms with Gasteiger partial charge in [-0.2, -0.15) is 0 Å². The molecule has 1 fully saturated rings. The lowest BCUT2D eigenvalue weighted by Gasteiger charge is -2.18. The highest BCUT2D eigenvalue weighted by Gasteiger charge is 2.23. The smallest absolute Gasteiger partial charge is 0.225 e. The average molecular weight is 386 g/mol. The highest BCUT2D eigenvalue weighted by molar-refractivity contribution is 5.91. The second kappa shape index (κ2) is 9.06. The molecule has 0 radical (unpaired) electrons. The van der Waals surface area contributed by atoms with Crippen LogP contribution in [-0.2, 0) is 4.79 Å². The van der Waals surface area contributed by atoms with Crippen molar-refractivity contribution in [2.75, 3.05) is 32.6 Å². The number of benzene rings is 2. The fourth-order valence-corrected chi connectivity index (χ4v) is 3.42. The number of halogens is 1. The number of hydrogen-bond acceptors (Lipinski definition) is 4. The number of likely N-dealkylation sites (N-methyl/N-ethyl adjacent to an activating group) is 1. The summed E-state index contributed by atoms with van der Waals surface area (Å²) in [5.74, 6) is 0.658. The zero-order valence-corrected chi connectivity index (χ0v) is 16.6. The molecule has 2 atom stereocenters. The number of ether oxygens (including phenoxy) is 2. The number of para-hydroxylation sites is 1. The van der Waals surface area contributed by atoms with Crippen molar-refractivity contribution in [2.24, 2.45) is 0 Å². The first kappa shape index (κ1) is 20.1. The van der Waals surface area contributed by atoms with Crippen LogP contribution in [0.5, 0.6) is 11.5 Å². The molecule has 3 rings (SSSR count). The summed E-state index contributed by atoms with van der Waals surface area (Å²) in [6.07, 6.45) is 1.40. The highest BCUT2D eigenvalue weighted by Crippen LogP contribution is 2.33. The topological polar surface area (TPSA) is 50.8 Å². The van der Waals surface area contributed by atoms with Crippen molar-refractivity contribution < 1.29 is 18.7 Å². The molecule has 1 heterocycles. The molecule has 2 aromatic carbocycles. The number of nitrogens with one attached hydrogen (secondary N) is 1. The van der Waals surface area contributed by atoms with E-state index in [0.29, 0.717) is 5.75 Å². The maximum Gasteiger partial charge on any atom is 0.225 e. The third-order valence-corrected chi connectivity index (χ3v) is 5.04. The van der Waals surface area contributed by atoms with Crippen LogP contribution in [0.4, 0.5) is 10.1 Å². The van der Waals surface area contributed by atoms with Crippen LogP contribution in [0.3, 0.4) is 0 Å². The summed E-state index contributed by atoms with van der Waals surface area (Å²) in [4.78, 5) is 14.5. The Kier molecular flexibility index (Phi) is 6.52. The average Bonchev–Trinajstić information content (AvgIpc) is 3.08. The Bertz CT molecular complexity index is 827. The van der Waals surface area contributed by atoms with Crippen molar-refractivity contribution in [3.8, 4) is 11.5 Å². The van der Waals surface area contributed by atoms with E-state index in [4.69, 9.17) is 9.47 Å². The van der Waals surface area contributed by atoms with Crippen LogP contribution in [0, 0.1) is 5.82 Å². The Labute approximate surface area is 165 Å². The largest absolute Gasteiger partial charge is 0.493 e. The number of hydrogen-bond donors (Lipinski definition) is 1. The van der Waals surface area contributed by atoms with Gasteiger partial charge in [-0.15, -0.1) is 0 Å². The van der Waals surface area contributed by atoms with Crippen LogP contribution in [0.25, 0.3) is 0 Å². The number of carbonyl (C=O) groups excluding carboxylic acids is 1. The fourth-order valence-electron chi connectivity index (χ4n) is 3.42. The lowest BCUT2D eigenvalue weighted by molar-refractivity contribution is -0.116. The van der Waals surface area contributed by atoms with Gasteiger partial charge in [-0.25, -0.2) is 4.39 Å². The van der Waals surface area contributed by atoms with Crippen LogP contribution in [0.2, 0.25) is 0 Å². The van der Waals surface area contributed by atoms with E-state index in [9.17, 15) is 9.18 Å². The van der Waals surface area contributed by atoms with Crippen LogP contribution in [0.15, 0.2) is 42.5 Å². The normalized spacial score (nSPS) is 17.9. The lowest BCUT2D eigenvalue weighted by atomic mass is 9.97. The summed E-state index contributed by atoms with van der Waals surface area (Å²) in [5.41, 5.74) is 1.17. The van der Waals surface area contributed by atoms with Gasteiger partial charge in [0.05, 0.1) is 12.8 Å². The maximum absolute atomic E-state index is 13.7. The monoisotopic (exact) mass is 386 g/mol. The summed E-state index contributed by atoms with van der Waals surface area (Å²) in [5, 5.41) is 2.63. The van der Waals surface area contributed by atoms with Gasteiger partial charge in [0.25, 0.3) is 0 Å². The third-order valence-electron chi connectivity index (χ3n) is 5.04. The number of methoxy groups -OCH3 is 1. The Morgan fingerprint density at radius 1 is 1.29 bits per heavy atom. The first-order chi connectivity index (χ1) is 13.5. The summed E-state index contributed by atoms with van der Waals surface area (Å²) in [6.45, 7) is 3.89. The molecule has 0 bridgehead atoms. The lowest BCUT2D eigenvalue weighted by Crippen LogP contribution is -2.21. The molecule has 1 amide bonds. The van der Waals surface area contributed by atoms with Crippen molar-refractivity contribution in [3.63, 3.8) is 0 Å². The van der Waals surface area contributed by atoms with Crippen molar-refractivity contribution in [1.29, 1.82) is 0 Å². The molecule has 1 aliphatic heterocycles. The number of amides is 1. The summed E-state index contributed by atoms with van der Waals surface area (Å²) < 4.78 is 25.3. The van der Waals surface area contributed by atoms with Gasteiger partial charge in [0.2, 0.25) is 5.91 Å². The van der Waals surface area contributed by atoms with Gasteiger partial charge >= 0.3 is 0 Å².